The number of carboxylic acids is 1. The molecule has 204 valence electrons. The maximum atomic E-state index is 12.9. The van der Waals surface area contributed by atoms with E-state index in [0.717, 1.165) is 27.8 Å². The number of nitrogens with zero attached hydrogens (tertiary/aromatic N) is 4. The van der Waals surface area contributed by atoms with Crippen LogP contribution in [0.15, 0.2) is 60.6 Å². The number of carbonyl (C=O) groups excluding carboxylic acids is 2. The molecule has 2 amide bonds. The van der Waals surface area contributed by atoms with E-state index in [9.17, 15) is 19.5 Å². The Morgan fingerprint density at radius 2 is 1.90 bits per heavy atom. The number of primary amides is 1. The molecule has 0 radical (unpaired) electrons. The number of fused-ring (bicyclic) bond motifs is 2. The van der Waals surface area contributed by atoms with Crippen LogP contribution in [0.2, 0.25) is 0 Å². The summed E-state index contributed by atoms with van der Waals surface area (Å²) in [4.78, 5) is 46.8. The Morgan fingerprint density at radius 1 is 1.15 bits per heavy atom. The van der Waals surface area contributed by atoms with E-state index in [0.29, 0.717) is 23.4 Å². The first-order valence-electron chi connectivity index (χ1n) is 12.6. The van der Waals surface area contributed by atoms with Crippen molar-refractivity contribution in [2.24, 2.45) is 5.73 Å². The number of carboxylic acid groups (broad SMARTS) is 1. The second kappa shape index (κ2) is 8.70. The SMILES string of the molecule is CCN1C(=O)C(C)(C)c2cc3[nH]c(-c4cc(C5(Cc6ccccc6)OC=C(C(=O)O)O5)n(C(N)=O)n4)nc3cc21. The molecule has 2 aromatic heterocycles. The number of nitrogens with two attached hydrogens (primary N) is 1. The van der Waals surface area contributed by atoms with E-state index in [-0.39, 0.29) is 23.7 Å². The summed E-state index contributed by atoms with van der Waals surface area (Å²) in [6.07, 6.45) is 1.05. The lowest BCUT2D eigenvalue weighted by molar-refractivity contribution is -0.170. The van der Waals surface area contributed by atoms with Crippen LogP contribution in [0.25, 0.3) is 22.6 Å². The molecule has 0 saturated heterocycles. The number of rotatable bonds is 6. The second-order valence-electron chi connectivity index (χ2n) is 10.2. The van der Waals surface area contributed by atoms with Gasteiger partial charge >= 0.3 is 12.0 Å². The van der Waals surface area contributed by atoms with E-state index >= 15 is 0 Å². The van der Waals surface area contributed by atoms with Gasteiger partial charge in [-0.1, -0.05) is 30.3 Å². The van der Waals surface area contributed by atoms with Gasteiger partial charge in [0.25, 0.3) is 5.79 Å². The van der Waals surface area contributed by atoms with Crippen LogP contribution in [0.4, 0.5) is 10.5 Å². The van der Waals surface area contributed by atoms with Crippen LogP contribution < -0.4 is 10.6 Å². The number of anilines is 1. The van der Waals surface area contributed by atoms with Gasteiger partial charge in [0.05, 0.1) is 28.6 Å². The molecule has 4 N–H and O–H groups in total. The highest BCUT2D eigenvalue weighted by Crippen LogP contribution is 2.44. The van der Waals surface area contributed by atoms with E-state index < -0.39 is 29.0 Å². The maximum absolute atomic E-state index is 12.9. The minimum atomic E-state index is -1.73. The Labute approximate surface area is 228 Å². The number of nitrogens with one attached hydrogen (secondary N) is 1. The summed E-state index contributed by atoms with van der Waals surface area (Å²) >= 11 is 0. The predicted molar refractivity (Wildman–Crippen MR) is 143 cm³/mol. The Hall–Kier alpha value is -5.13. The molecule has 12 nitrogen and oxygen atoms in total. The molecule has 6 rings (SSSR count). The monoisotopic (exact) mass is 542 g/mol. The van der Waals surface area contributed by atoms with Gasteiger partial charge in [0, 0.05) is 6.54 Å². The molecule has 0 fully saturated rings. The number of carbonyl (C=O) groups is 3. The summed E-state index contributed by atoms with van der Waals surface area (Å²) in [6.45, 7) is 6.23. The van der Waals surface area contributed by atoms with Crippen LogP contribution in [-0.2, 0) is 36.7 Å². The van der Waals surface area contributed by atoms with Gasteiger partial charge in [-0.3, -0.25) is 4.79 Å². The van der Waals surface area contributed by atoms with Crippen LogP contribution in [0, 0.1) is 0 Å². The van der Waals surface area contributed by atoms with Crippen LogP contribution in [-0.4, -0.2) is 49.3 Å². The van der Waals surface area contributed by atoms with Crippen LogP contribution in [0.1, 0.15) is 37.6 Å². The molecule has 0 bridgehead atoms. The van der Waals surface area contributed by atoms with Gasteiger partial charge in [0.2, 0.25) is 11.7 Å². The molecule has 1 atom stereocenters. The molecule has 0 saturated carbocycles. The molecule has 4 heterocycles. The van der Waals surface area contributed by atoms with Crippen molar-refractivity contribution >= 4 is 34.6 Å². The molecular formula is C28H26N6O6. The van der Waals surface area contributed by atoms with E-state index in [2.05, 4.69) is 15.1 Å². The summed E-state index contributed by atoms with van der Waals surface area (Å²) < 4.78 is 12.5. The summed E-state index contributed by atoms with van der Waals surface area (Å²) in [6, 6.07) is 13.5. The summed E-state index contributed by atoms with van der Waals surface area (Å²) in [5, 5.41) is 13.9. The zero-order valence-corrected chi connectivity index (χ0v) is 22.0. The van der Waals surface area contributed by atoms with Gasteiger partial charge in [-0.15, -0.1) is 0 Å². The fourth-order valence-electron chi connectivity index (χ4n) is 5.32. The highest BCUT2D eigenvalue weighted by atomic mass is 16.7. The molecule has 0 aliphatic carbocycles. The fourth-order valence-corrected chi connectivity index (χ4v) is 5.32. The van der Waals surface area contributed by atoms with E-state index in [1.807, 2.05) is 63.2 Å². The Morgan fingerprint density at radius 3 is 2.55 bits per heavy atom. The molecular weight excluding hydrogens is 516 g/mol. The Kier molecular flexibility index (Phi) is 5.47. The lowest BCUT2D eigenvalue weighted by Gasteiger charge is -2.28. The lowest BCUT2D eigenvalue weighted by atomic mass is 9.86. The van der Waals surface area contributed by atoms with E-state index in [1.165, 1.54) is 6.07 Å². The number of hydrogen-bond acceptors (Lipinski definition) is 7. The van der Waals surface area contributed by atoms with Crippen molar-refractivity contribution in [2.75, 3.05) is 11.4 Å². The van der Waals surface area contributed by atoms with Gasteiger partial charge in [0.15, 0.2) is 5.82 Å². The third-order valence-electron chi connectivity index (χ3n) is 7.33. The van der Waals surface area contributed by atoms with Crippen molar-refractivity contribution < 1.29 is 29.0 Å². The molecule has 1 unspecified atom stereocenters. The van der Waals surface area contributed by atoms with Crippen molar-refractivity contribution in [3.05, 3.63) is 77.4 Å². The number of benzene rings is 2. The van der Waals surface area contributed by atoms with Gasteiger partial charge in [-0.2, -0.15) is 9.78 Å². The first kappa shape index (κ1) is 25.2. The third-order valence-corrected chi connectivity index (χ3v) is 7.33. The van der Waals surface area contributed by atoms with Crippen molar-refractivity contribution in [3.63, 3.8) is 0 Å². The number of likely N-dealkylation sites (N-methyl/N-ethyl adjacent to an activating group) is 1. The van der Waals surface area contributed by atoms with Crippen molar-refractivity contribution in [1.29, 1.82) is 0 Å². The number of aromatic nitrogens is 4. The Balaban J connectivity index is 1.46. The fraction of sp³-hybridized carbons (Fsp3) is 0.250. The molecule has 2 aliphatic heterocycles. The number of aromatic amines is 1. The van der Waals surface area contributed by atoms with E-state index in [1.54, 1.807) is 4.90 Å². The topological polar surface area (TPSA) is 166 Å². The van der Waals surface area contributed by atoms with Crippen molar-refractivity contribution in [1.82, 2.24) is 19.7 Å². The van der Waals surface area contributed by atoms with Gasteiger partial charge in [-0.05, 0) is 50.1 Å². The molecule has 4 aromatic rings. The van der Waals surface area contributed by atoms with Gasteiger partial charge < -0.3 is 30.2 Å². The average Bonchev–Trinajstić information content (AvgIpc) is 3.68. The molecule has 0 spiro atoms. The third kappa shape index (κ3) is 3.71. The maximum Gasteiger partial charge on any atom is 0.374 e. The first-order chi connectivity index (χ1) is 19.0. The number of imidazole rings is 1. The van der Waals surface area contributed by atoms with Gasteiger partial charge in [0.1, 0.15) is 17.6 Å². The van der Waals surface area contributed by atoms with Crippen molar-refractivity contribution in [2.45, 2.75) is 38.4 Å². The normalized spacial score (nSPS) is 19.3. The predicted octanol–water partition coefficient (Wildman–Crippen LogP) is 3.37. The smallest absolute Gasteiger partial charge is 0.374 e. The summed E-state index contributed by atoms with van der Waals surface area (Å²) in [7, 11) is 0. The minimum absolute atomic E-state index is 0.0253. The average molecular weight is 543 g/mol. The summed E-state index contributed by atoms with van der Waals surface area (Å²) in [5.41, 5.74) is 9.08. The highest BCUT2D eigenvalue weighted by Gasteiger charge is 2.47. The number of amides is 2. The number of hydrogen-bond donors (Lipinski definition) is 3. The Bertz CT molecular complexity index is 1740. The highest BCUT2D eigenvalue weighted by molar-refractivity contribution is 6.09. The molecule has 12 heteroatoms. The van der Waals surface area contributed by atoms with Crippen LogP contribution in [0.5, 0.6) is 0 Å². The standard InChI is InChI=1S/C28H26N6O6/c1-4-33-20-11-18-17(10-16(20)27(2,3)25(33)37)30-23(31-18)19-12-22(34(32-19)26(29)38)28(13-15-8-6-5-7-9-15)39-14-21(40-28)24(35)36/h5-12,14H,4,13H2,1-3H3,(H2,29,38)(H,30,31)(H,35,36). The zero-order valence-electron chi connectivity index (χ0n) is 22.0. The molecule has 40 heavy (non-hydrogen) atoms. The number of aliphatic carboxylic acids is 1. The van der Waals surface area contributed by atoms with Crippen LogP contribution >= 0.6 is 0 Å². The summed E-state index contributed by atoms with van der Waals surface area (Å²) in [5.74, 6) is -3.11. The van der Waals surface area contributed by atoms with Gasteiger partial charge in [-0.25, -0.2) is 14.6 Å². The number of H-pyrrole nitrogens is 1. The second-order valence-corrected chi connectivity index (χ2v) is 10.2. The van der Waals surface area contributed by atoms with Crippen LogP contribution in [0.3, 0.4) is 0 Å². The van der Waals surface area contributed by atoms with E-state index in [4.69, 9.17) is 15.2 Å². The minimum Gasteiger partial charge on any atom is -0.475 e. The molecule has 2 aromatic carbocycles. The zero-order chi connectivity index (χ0) is 28.4. The lowest BCUT2D eigenvalue weighted by Crippen LogP contribution is -2.37. The number of ether oxygens (including phenoxy) is 2. The largest absolute Gasteiger partial charge is 0.475 e. The first-order valence-corrected chi connectivity index (χ1v) is 12.6. The quantitative estimate of drug-likeness (QED) is 0.334. The van der Waals surface area contributed by atoms with Crippen molar-refractivity contribution in [3.8, 4) is 11.5 Å². The molecule has 2 aliphatic rings.